The van der Waals surface area contributed by atoms with Crippen molar-refractivity contribution in [3.8, 4) is 11.8 Å². The molecule has 1 N–H and O–H groups in total. The van der Waals surface area contributed by atoms with Crippen molar-refractivity contribution in [1.29, 1.82) is 5.26 Å². The van der Waals surface area contributed by atoms with Gasteiger partial charge in [0.2, 0.25) is 0 Å². The predicted molar refractivity (Wildman–Crippen MR) is 93.7 cm³/mol. The second-order valence-electron chi connectivity index (χ2n) is 5.86. The average molecular weight is 375 g/mol. The number of nitrogens with one attached hydrogen (secondary N) is 1. The molecule has 134 valence electrons. The Kier molecular flexibility index (Phi) is 5.71. The van der Waals surface area contributed by atoms with Crippen LogP contribution in [0, 0.1) is 17.1 Å². The number of halogens is 2. The topological polar surface area (TPSA) is 71.3 Å². The smallest absolute Gasteiger partial charge is 0.253 e. The zero-order valence-corrected chi connectivity index (χ0v) is 14.5. The van der Waals surface area contributed by atoms with Crippen molar-refractivity contribution in [2.45, 2.75) is 18.6 Å². The van der Waals surface area contributed by atoms with Crippen LogP contribution >= 0.6 is 11.6 Å². The van der Waals surface area contributed by atoms with Crippen LogP contribution in [0.3, 0.4) is 0 Å². The summed E-state index contributed by atoms with van der Waals surface area (Å²) < 4.78 is 24.8. The summed E-state index contributed by atoms with van der Waals surface area (Å²) in [4.78, 5) is 12.5. The number of rotatable bonds is 4. The Hall–Kier alpha value is -2.62. The van der Waals surface area contributed by atoms with E-state index < -0.39 is 17.8 Å². The molecule has 0 spiro atoms. The molecule has 0 saturated carbocycles. The number of hydrogen-bond acceptors (Lipinski definition) is 4. The molecule has 7 heteroatoms. The third-order valence-corrected chi connectivity index (χ3v) is 4.39. The molecule has 2 aromatic carbocycles. The van der Waals surface area contributed by atoms with E-state index in [1.807, 2.05) is 6.07 Å². The maximum absolute atomic E-state index is 13.4. The zero-order valence-electron chi connectivity index (χ0n) is 13.7. The van der Waals surface area contributed by atoms with Crippen LogP contribution in [0.15, 0.2) is 42.5 Å². The highest BCUT2D eigenvalue weighted by Gasteiger charge is 2.29. The van der Waals surface area contributed by atoms with Gasteiger partial charge < -0.3 is 14.8 Å². The maximum atomic E-state index is 13.4. The summed E-state index contributed by atoms with van der Waals surface area (Å²) in [6.45, 7) is 0.789. The van der Waals surface area contributed by atoms with Gasteiger partial charge in [-0.2, -0.15) is 5.26 Å². The standard InChI is InChI=1S/C19H16ClFN2O3/c20-16-6-3-13(21)9-15(16)19(24)23-17-7-8-25-11-18(17)26-14-4-1-12(10-22)2-5-14/h1-6,9,17-18H,7-8,11H2,(H,23,24)/t17-,18-/m1/s1. The molecule has 0 bridgehead atoms. The van der Waals surface area contributed by atoms with E-state index in [1.165, 1.54) is 12.1 Å². The van der Waals surface area contributed by atoms with E-state index in [4.69, 9.17) is 26.3 Å². The first-order valence-corrected chi connectivity index (χ1v) is 8.45. The lowest BCUT2D eigenvalue weighted by atomic mass is 10.0. The van der Waals surface area contributed by atoms with Crippen molar-refractivity contribution < 1.29 is 18.7 Å². The van der Waals surface area contributed by atoms with Crippen molar-refractivity contribution in [1.82, 2.24) is 5.32 Å². The fraction of sp³-hybridized carbons (Fsp3) is 0.263. The Labute approximate surface area is 155 Å². The molecule has 1 aliphatic rings. The van der Waals surface area contributed by atoms with E-state index in [9.17, 15) is 9.18 Å². The van der Waals surface area contributed by atoms with Crippen LogP contribution in [0.1, 0.15) is 22.3 Å². The van der Waals surface area contributed by atoms with Gasteiger partial charge in [-0.15, -0.1) is 0 Å². The van der Waals surface area contributed by atoms with Crippen molar-refractivity contribution in [2.75, 3.05) is 13.2 Å². The monoisotopic (exact) mass is 374 g/mol. The number of amides is 1. The minimum atomic E-state index is -0.531. The number of ether oxygens (including phenoxy) is 2. The summed E-state index contributed by atoms with van der Waals surface area (Å²) in [6.07, 6.45) is 0.146. The molecule has 0 unspecified atom stereocenters. The second-order valence-corrected chi connectivity index (χ2v) is 6.27. The van der Waals surface area contributed by atoms with Crippen LogP contribution in [-0.2, 0) is 4.74 Å². The highest BCUT2D eigenvalue weighted by Crippen LogP contribution is 2.21. The molecule has 0 aromatic heterocycles. The molecule has 0 radical (unpaired) electrons. The fourth-order valence-corrected chi connectivity index (χ4v) is 2.90. The molecule has 5 nitrogen and oxygen atoms in total. The van der Waals surface area contributed by atoms with Gasteiger partial charge in [-0.25, -0.2) is 4.39 Å². The molecule has 1 aliphatic heterocycles. The van der Waals surface area contributed by atoms with E-state index in [-0.39, 0.29) is 16.6 Å². The minimum Gasteiger partial charge on any atom is -0.486 e. The predicted octanol–water partition coefficient (Wildman–Crippen LogP) is 3.32. The summed E-state index contributed by atoms with van der Waals surface area (Å²) >= 11 is 5.99. The molecular weight excluding hydrogens is 359 g/mol. The van der Waals surface area contributed by atoms with Gasteiger partial charge in [-0.1, -0.05) is 11.6 Å². The van der Waals surface area contributed by atoms with Crippen molar-refractivity contribution in [2.24, 2.45) is 0 Å². The Morgan fingerprint density at radius 3 is 2.81 bits per heavy atom. The molecule has 1 heterocycles. The highest BCUT2D eigenvalue weighted by atomic mass is 35.5. The number of carbonyl (C=O) groups excluding carboxylic acids is 1. The first-order chi connectivity index (χ1) is 12.6. The second kappa shape index (κ2) is 8.17. The number of hydrogen-bond donors (Lipinski definition) is 1. The molecule has 1 fully saturated rings. The van der Waals surface area contributed by atoms with Gasteiger partial charge in [0, 0.05) is 6.61 Å². The lowest BCUT2D eigenvalue weighted by Gasteiger charge is -2.32. The minimum absolute atomic E-state index is 0.0790. The summed E-state index contributed by atoms with van der Waals surface area (Å²) in [6, 6.07) is 12.1. The van der Waals surface area contributed by atoms with Crippen LogP contribution in [-0.4, -0.2) is 31.3 Å². The van der Waals surface area contributed by atoms with Gasteiger partial charge in [0.1, 0.15) is 17.7 Å². The molecule has 1 amide bonds. The largest absolute Gasteiger partial charge is 0.486 e. The van der Waals surface area contributed by atoms with Gasteiger partial charge in [0.15, 0.2) is 0 Å². The van der Waals surface area contributed by atoms with Crippen LogP contribution in [0.25, 0.3) is 0 Å². The van der Waals surface area contributed by atoms with E-state index in [1.54, 1.807) is 24.3 Å². The van der Waals surface area contributed by atoms with E-state index in [2.05, 4.69) is 5.32 Å². The molecule has 1 saturated heterocycles. The van der Waals surface area contributed by atoms with Gasteiger partial charge >= 0.3 is 0 Å². The Bertz CT molecular complexity index is 836. The Balaban J connectivity index is 1.71. The van der Waals surface area contributed by atoms with Crippen LogP contribution in [0.5, 0.6) is 5.75 Å². The first-order valence-electron chi connectivity index (χ1n) is 8.07. The summed E-state index contributed by atoms with van der Waals surface area (Å²) in [5.74, 6) is -0.422. The number of nitrogens with zero attached hydrogens (tertiary/aromatic N) is 1. The third-order valence-electron chi connectivity index (χ3n) is 4.06. The van der Waals surface area contributed by atoms with Gasteiger partial charge in [0.05, 0.1) is 34.9 Å². The lowest BCUT2D eigenvalue weighted by molar-refractivity contribution is -0.0135. The normalized spacial score (nSPS) is 19.4. The number of benzene rings is 2. The van der Waals surface area contributed by atoms with E-state index in [0.29, 0.717) is 30.9 Å². The van der Waals surface area contributed by atoms with E-state index >= 15 is 0 Å². The Morgan fingerprint density at radius 2 is 2.08 bits per heavy atom. The molecule has 2 aromatic rings. The van der Waals surface area contributed by atoms with Gasteiger partial charge in [-0.05, 0) is 48.9 Å². The highest BCUT2D eigenvalue weighted by molar-refractivity contribution is 6.33. The summed E-state index contributed by atoms with van der Waals surface area (Å²) in [5.41, 5.74) is 0.609. The quantitative estimate of drug-likeness (QED) is 0.891. The summed E-state index contributed by atoms with van der Waals surface area (Å²) in [7, 11) is 0. The Morgan fingerprint density at radius 1 is 1.31 bits per heavy atom. The van der Waals surface area contributed by atoms with Crippen LogP contribution in [0.2, 0.25) is 5.02 Å². The van der Waals surface area contributed by atoms with Crippen molar-refractivity contribution in [3.63, 3.8) is 0 Å². The van der Waals surface area contributed by atoms with Crippen molar-refractivity contribution in [3.05, 3.63) is 64.4 Å². The van der Waals surface area contributed by atoms with Crippen molar-refractivity contribution >= 4 is 17.5 Å². The zero-order chi connectivity index (χ0) is 18.5. The molecule has 3 rings (SSSR count). The SMILES string of the molecule is N#Cc1ccc(O[C@@H]2COCC[C@H]2NC(=O)c2cc(F)ccc2Cl)cc1. The molecule has 26 heavy (non-hydrogen) atoms. The summed E-state index contributed by atoms with van der Waals surface area (Å²) in [5, 5.41) is 11.9. The van der Waals surface area contributed by atoms with Gasteiger partial charge in [0.25, 0.3) is 5.91 Å². The lowest BCUT2D eigenvalue weighted by Crippen LogP contribution is -2.51. The number of carbonyl (C=O) groups is 1. The molecule has 0 aliphatic carbocycles. The average Bonchev–Trinajstić information content (AvgIpc) is 2.66. The molecular formula is C19H16ClFN2O3. The fourth-order valence-electron chi connectivity index (χ4n) is 2.69. The van der Waals surface area contributed by atoms with Gasteiger partial charge in [-0.3, -0.25) is 4.79 Å². The van der Waals surface area contributed by atoms with Crippen LogP contribution < -0.4 is 10.1 Å². The van der Waals surface area contributed by atoms with Crippen LogP contribution in [0.4, 0.5) is 4.39 Å². The maximum Gasteiger partial charge on any atom is 0.253 e. The first kappa shape index (κ1) is 18.2. The third kappa shape index (κ3) is 4.31. The van der Waals surface area contributed by atoms with E-state index in [0.717, 1.165) is 6.07 Å². The molecule has 2 atom stereocenters. The number of nitriles is 1.